The predicted octanol–water partition coefficient (Wildman–Crippen LogP) is 3.00. The Balaban J connectivity index is 1.80. The highest BCUT2D eigenvalue weighted by molar-refractivity contribution is 7.89. The molecule has 0 aliphatic rings. The lowest BCUT2D eigenvalue weighted by atomic mass is 10.2. The smallest absolute Gasteiger partial charge is 0.255 e. The van der Waals surface area contributed by atoms with Crippen LogP contribution in [0.5, 0.6) is 11.5 Å². The monoisotopic (exact) mass is 524 g/mol. The number of carbonyl (C=O) groups is 2. The SMILES string of the molecule is COc1ccc(OC)c(/C=N\NC(=O)CN(Cc2ccccc2)S(=O)(=O)c2ccc(NC(C)=O)cc2)c1. The molecule has 0 saturated carbocycles. The minimum atomic E-state index is -4.07. The summed E-state index contributed by atoms with van der Waals surface area (Å²) in [6.07, 6.45) is 1.38. The number of carbonyl (C=O) groups excluding carboxylic acids is 2. The van der Waals surface area contributed by atoms with Crippen LogP contribution >= 0.6 is 0 Å². The lowest BCUT2D eigenvalue weighted by Crippen LogP contribution is -2.39. The molecule has 2 N–H and O–H groups in total. The first-order valence-corrected chi connectivity index (χ1v) is 12.6. The van der Waals surface area contributed by atoms with Crippen molar-refractivity contribution in [3.05, 3.63) is 83.9 Å². The summed E-state index contributed by atoms with van der Waals surface area (Å²) >= 11 is 0. The molecule has 10 nitrogen and oxygen atoms in total. The van der Waals surface area contributed by atoms with Gasteiger partial charge in [-0.3, -0.25) is 9.59 Å². The predicted molar refractivity (Wildman–Crippen MR) is 140 cm³/mol. The van der Waals surface area contributed by atoms with Crippen molar-refractivity contribution in [3.8, 4) is 11.5 Å². The number of hydrogen-bond acceptors (Lipinski definition) is 7. The first kappa shape index (κ1) is 27.4. The minimum absolute atomic E-state index is 0.0186. The van der Waals surface area contributed by atoms with Gasteiger partial charge in [-0.2, -0.15) is 9.41 Å². The number of hydrazone groups is 1. The van der Waals surface area contributed by atoms with Gasteiger partial charge in [-0.1, -0.05) is 30.3 Å². The lowest BCUT2D eigenvalue weighted by Gasteiger charge is -2.21. The Labute approximate surface area is 216 Å². The second kappa shape index (κ2) is 12.7. The second-order valence-corrected chi connectivity index (χ2v) is 9.80. The third-order valence-electron chi connectivity index (χ3n) is 5.16. The number of hydrogen-bond donors (Lipinski definition) is 2. The van der Waals surface area contributed by atoms with E-state index >= 15 is 0 Å². The summed E-state index contributed by atoms with van der Waals surface area (Å²) in [5.74, 6) is 0.200. The van der Waals surface area contributed by atoms with E-state index in [0.717, 1.165) is 4.31 Å². The fraction of sp³-hybridized carbons (Fsp3) is 0.192. The number of anilines is 1. The van der Waals surface area contributed by atoms with E-state index in [1.807, 2.05) is 6.07 Å². The molecule has 3 aromatic rings. The Hall–Kier alpha value is -4.22. The van der Waals surface area contributed by atoms with Gasteiger partial charge in [-0.05, 0) is 48.0 Å². The molecule has 0 atom stereocenters. The van der Waals surface area contributed by atoms with Crippen LogP contribution in [0.3, 0.4) is 0 Å². The van der Waals surface area contributed by atoms with Crippen molar-refractivity contribution in [2.45, 2.75) is 18.4 Å². The molecule has 0 radical (unpaired) electrons. The average Bonchev–Trinajstić information content (AvgIpc) is 2.88. The molecule has 194 valence electrons. The van der Waals surface area contributed by atoms with Gasteiger partial charge in [0.25, 0.3) is 5.91 Å². The number of nitrogens with zero attached hydrogens (tertiary/aromatic N) is 2. The molecular formula is C26H28N4O6S. The van der Waals surface area contributed by atoms with Gasteiger partial charge in [-0.25, -0.2) is 13.8 Å². The van der Waals surface area contributed by atoms with E-state index in [2.05, 4.69) is 15.8 Å². The van der Waals surface area contributed by atoms with Gasteiger partial charge in [0.05, 0.1) is 31.9 Å². The molecule has 0 saturated heterocycles. The van der Waals surface area contributed by atoms with Crippen LogP contribution in [-0.4, -0.2) is 51.5 Å². The summed E-state index contributed by atoms with van der Waals surface area (Å²) in [5.41, 5.74) is 4.10. The van der Waals surface area contributed by atoms with E-state index in [0.29, 0.717) is 28.3 Å². The van der Waals surface area contributed by atoms with Gasteiger partial charge < -0.3 is 14.8 Å². The number of ether oxygens (including phenoxy) is 2. The minimum Gasteiger partial charge on any atom is -0.497 e. The lowest BCUT2D eigenvalue weighted by molar-refractivity contribution is -0.121. The van der Waals surface area contributed by atoms with E-state index < -0.39 is 22.5 Å². The van der Waals surface area contributed by atoms with Gasteiger partial charge >= 0.3 is 0 Å². The topological polar surface area (TPSA) is 126 Å². The van der Waals surface area contributed by atoms with Crippen molar-refractivity contribution >= 4 is 33.7 Å². The average molecular weight is 525 g/mol. The Morgan fingerprint density at radius 2 is 1.68 bits per heavy atom. The Morgan fingerprint density at radius 3 is 2.30 bits per heavy atom. The molecule has 11 heteroatoms. The molecule has 0 aliphatic heterocycles. The van der Waals surface area contributed by atoms with E-state index in [4.69, 9.17) is 9.47 Å². The van der Waals surface area contributed by atoms with Crippen molar-refractivity contribution in [1.29, 1.82) is 0 Å². The van der Waals surface area contributed by atoms with Gasteiger partial charge in [-0.15, -0.1) is 0 Å². The standard InChI is InChI=1S/C26H28N4O6S/c1-19(31)28-22-9-12-24(13-10-22)37(33,34)30(17-20-7-5-4-6-8-20)18-26(32)29-27-16-21-15-23(35-2)11-14-25(21)36-3/h4-16H,17-18H2,1-3H3,(H,28,31)(H,29,32)/b27-16-. The summed E-state index contributed by atoms with van der Waals surface area (Å²) in [6, 6.07) is 19.8. The molecule has 0 bridgehead atoms. The van der Waals surface area contributed by atoms with Crippen LogP contribution in [0.15, 0.2) is 82.8 Å². The van der Waals surface area contributed by atoms with Crippen molar-refractivity contribution in [2.24, 2.45) is 5.10 Å². The zero-order valence-corrected chi connectivity index (χ0v) is 21.5. The van der Waals surface area contributed by atoms with Crippen LogP contribution in [0.25, 0.3) is 0 Å². The molecular weight excluding hydrogens is 496 g/mol. The van der Waals surface area contributed by atoms with Crippen LogP contribution in [0.4, 0.5) is 5.69 Å². The third-order valence-corrected chi connectivity index (χ3v) is 6.97. The number of rotatable bonds is 11. The third kappa shape index (κ3) is 7.63. The number of methoxy groups -OCH3 is 2. The summed E-state index contributed by atoms with van der Waals surface area (Å²) in [7, 11) is -1.03. The Bertz CT molecular complexity index is 1360. The highest BCUT2D eigenvalue weighted by atomic mass is 32.2. The van der Waals surface area contributed by atoms with E-state index in [1.54, 1.807) is 42.5 Å². The maximum atomic E-state index is 13.4. The van der Waals surface area contributed by atoms with Crippen LogP contribution in [0.1, 0.15) is 18.1 Å². The number of sulfonamides is 1. The van der Waals surface area contributed by atoms with Crippen LogP contribution in [-0.2, 0) is 26.2 Å². The molecule has 0 spiro atoms. The normalized spacial score (nSPS) is 11.4. The zero-order valence-electron chi connectivity index (χ0n) is 20.7. The van der Waals surface area contributed by atoms with Gasteiger partial charge in [0.2, 0.25) is 15.9 Å². The first-order chi connectivity index (χ1) is 17.7. The van der Waals surface area contributed by atoms with Crippen LogP contribution in [0.2, 0.25) is 0 Å². The molecule has 0 heterocycles. The van der Waals surface area contributed by atoms with Crippen molar-refractivity contribution in [2.75, 3.05) is 26.1 Å². The van der Waals surface area contributed by atoms with Crippen molar-refractivity contribution in [3.63, 3.8) is 0 Å². The molecule has 0 aromatic heterocycles. The molecule has 0 unspecified atom stereocenters. The first-order valence-electron chi connectivity index (χ1n) is 11.2. The summed E-state index contributed by atoms with van der Waals surface area (Å²) in [6.45, 7) is 0.854. The van der Waals surface area contributed by atoms with E-state index in [9.17, 15) is 18.0 Å². The van der Waals surface area contributed by atoms with Crippen molar-refractivity contribution < 1.29 is 27.5 Å². The van der Waals surface area contributed by atoms with Crippen molar-refractivity contribution in [1.82, 2.24) is 9.73 Å². The number of amides is 2. The van der Waals surface area contributed by atoms with E-state index in [-0.39, 0.29) is 17.3 Å². The van der Waals surface area contributed by atoms with E-state index in [1.165, 1.54) is 51.6 Å². The fourth-order valence-electron chi connectivity index (χ4n) is 3.39. The van der Waals surface area contributed by atoms with Gasteiger partial charge in [0.15, 0.2) is 0 Å². The zero-order chi connectivity index (χ0) is 26.8. The number of nitrogens with one attached hydrogen (secondary N) is 2. The Morgan fingerprint density at radius 1 is 0.973 bits per heavy atom. The van der Waals surface area contributed by atoms with Gasteiger partial charge in [0, 0.05) is 24.7 Å². The molecule has 2 amide bonds. The molecule has 0 aliphatic carbocycles. The summed E-state index contributed by atoms with van der Waals surface area (Å²) in [5, 5.41) is 6.55. The quantitative estimate of drug-likeness (QED) is 0.293. The highest BCUT2D eigenvalue weighted by Gasteiger charge is 2.27. The fourth-order valence-corrected chi connectivity index (χ4v) is 4.77. The second-order valence-electron chi connectivity index (χ2n) is 7.87. The summed E-state index contributed by atoms with van der Waals surface area (Å²) in [4.78, 5) is 24.0. The molecule has 37 heavy (non-hydrogen) atoms. The maximum Gasteiger partial charge on any atom is 0.255 e. The van der Waals surface area contributed by atoms with Gasteiger partial charge in [0.1, 0.15) is 11.5 Å². The maximum absolute atomic E-state index is 13.4. The van der Waals surface area contributed by atoms with Crippen LogP contribution < -0.4 is 20.2 Å². The highest BCUT2D eigenvalue weighted by Crippen LogP contribution is 2.23. The number of benzene rings is 3. The largest absolute Gasteiger partial charge is 0.497 e. The summed E-state index contributed by atoms with van der Waals surface area (Å²) < 4.78 is 38.4. The van der Waals surface area contributed by atoms with Crippen LogP contribution in [0, 0.1) is 0 Å². The Kier molecular flexibility index (Phi) is 9.36. The molecule has 0 fully saturated rings. The molecule has 3 rings (SSSR count). The molecule has 3 aromatic carbocycles.